The van der Waals surface area contributed by atoms with Gasteiger partial charge in [-0.3, -0.25) is 0 Å². The van der Waals surface area contributed by atoms with Gasteiger partial charge in [-0.15, -0.1) is 0 Å². The first-order chi connectivity index (χ1) is 5.86. The minimum absolute atomic E-state index is 0.0428. The molecule has 2 heteroatoms. The fourth-order valence-corrected chi connectivity index (χ4v) is 2.35. The molecule has 3 aliphatic carbocycles. The van der Waals surface area contributed by atoms with E-state index in [1.54, 1.807) is 0 Å². The van der Waals surface area contributed by atoms with Crippen LogP contribution in [0.3, 0.4) is 0 Å². The van der Waals surface area contributed by atoms with E-state index in [4.69, 9.17) is 10.5 Å². The van der Waals surface area contributed by atoms with Crippen molar-refractivity contribution in [2.75, 3.05) is 0 Å². The van der Waals surface area contributed by atoms with Gasteiger partial charge in [-0.1, -0.05) is 12.2 Å². The molecule has 4 atom stereocenters. The van der Waals surface area contributed by atoms with Crippen LogP contribution >= 0.6 is 0 Å². The Morgan fingerprint density at radius 1 is 0.917 bits per heavy atom. The van der Waals surface area contributed by atoms with Crippen molar-refractivity contribution in [3.63, 3.8) is 0 Å². The number of nitriles is 2. The van der Waals surface area contributed by atoms with Crippen LogP contribution in [0.25, 0.3) is 0 Å². The number of fused-ring (bicyclic) bond motifs is 2. The maximum atomic E-state index is 8.88. The van der Waals surface area contributed by atoms with Crippen LogP contribution in [0.1, 0.15) is 12.8 Å². The third kappa shape index (κ3) is 0.850. The molecule has 0 N–H and O–H groups in total. The molecule has 3 rings (SSSR count). The molecule has 0 heterocycles. The van der Waals surface area contributed by atoms with Crippen molar-refractivity contribution in [2.24, 2.45) is 23.7 Å². The zero-order chi connectivity index (χ0) is 8.55. The molecule has 1 saturated carbocycles. The molecule has 1 fully saturated rings. The highest BCUT2D eigenvalue weighted by molar-refractivity contribution is 5.18. The molecule has 0 radical (unpaired) electrons. The van der Waals surface area contributed by atoms with Crippen molar-refractivity contribution in [1.82, 2.24) is 0 Å². The highest BCUT2D eigenvalue weighted by Gasteiger charge is 2.40. The average Bonchev–Trinajstić information content (AvgIpc) is 2.18. The summed E-state index contributed by atoms with van der Waals surface area (Å²) in [5.74, 6) is 0.617. The molecule has 0 aliphatic heterocycles. The second kappa shape index (κ2) is 2.64. The molecule has 0 aromatic rings. The Hall–Kier alpha value is -1.28. The van der Waals surface area contributed by atoms with Crippen molar-refractivity contribution < 1.29 is 0 Å². The zero-order valence-corrected chi connectivity index (χ0v) is 6.77. The summed E-state index contributed by atoms with van der Waals surface area (Å²) in [4.78, 5) is 0. The van der Waals surface area contributed by atoms with E-state index in [2.05, 4.69) is 24.3 Å². The zero-order valence-electron chi connectivity index (χ0n) is 6.77. The Morgan fingerprint density at radius 3 is 1.58 bits per heavy atom. The van der Waals surface area contributed by atoms with Crippen LogP contribution in [0.15, 0.2) is 12.2 Å². The largest absolute Gasteiger partial charge is 0.198 e. The second-order valence-electron chi connectivity index (χ2n) is 3.60. The third-order valence-electron chi connectivity index (χ3n) is 3.05. The fourth-order valence-electron chi connectivity index (χ4n) is 2.35. The summed E-state index contributed by atoms with van der Waals surface area (Å²) in [6.07, 6.45) is 6.43. The van der Waals surface area contributed by atoms with Crippen molar-refractivity contribution in [1.29, 1.82) is 10.5 Å². The smallest absolute Gasteiger partial charge is 0.0689 e. The van der Waals surface area contributed by atoms with E-state index >= 15 is 0 Å². The Morgan fingerprint density at radius 2 is 1.33 bits per heavy atom. The summed E-state index contributed by atoms with van der Waals surface area (Å²) in [6.45, 7) is 0. The molecule has 0 aromatic carbocycles. The van der Waals surface area contributed by atoms with Crippen LogP contribution in [-0.2, 0) is 0 Å². The Labute approximate surface area is 72.1 Å². The quantitative estimate of drug-likeness (QED) is 0.505. The van der Waals surface area contributed by atoms with Crippen molar-refractivity contribution in [3.05, 3.63) is 12.2 Å². The molecule has 60 valence electrons. The molecule has 0 unspecified atom stereocenters. The Kier molecular flexibility index (Phi) is 1.62. The average molecular weight is 158 g/mol. The van der Waals surface area contributed by atoms with Gasteiger partial charge in [-0.2, -0.15) is 10.5 Å². The molecule has 2 nitrogen and oxygen atoms in total. The van der Waals surface area contributed by atoms with Gasteiger partial charge in [0.25, 0.3) is 0 Å². The lowest BCUT2D eigenvalue weighted by molar-refractivity contribution is 0.209. The summed E-state index contributed by atoms with van der Waals surface area (Å²) in [6, 6.07) is 4.53. The molecule has 0 saturated heterocycles. The minimum atomic E-state index is -0.0428. The van der Waals surface area contributed by atoms with Gasteiger partial charge < -0.3 is 0 Å². The van der Waals surface area contributed by atoms with Crippen LogP contribution in [0.5, 0.6) is 0 Å². The van der Waals surface area contributed by atoms with E-state index in [-0.39, 0.29) is 11.8 Å². The number of rotatable bonds is 0. The van der Waals surface area contributed by atoms with E-state index in [9.17, 15) is 0 Å². The lowest BCUT2D eigenvalue weighted by atomic mass is 9.63. The first-order valence-corrected chi connectivity index (χ1v) is 4.34. The summed E-state index contributed by atoms with van der Waals surface area (Å²) in [5.41, 5.74) is 0. The fraction of sp³-hybridized carbons (Fsp3) is 0.600. The first kappa shape index (κ1) is 7.37. The van der Waals surface area contributed by atoms with E-state index in [1.807, 2.05) is 0 Å². The van der Waals surface area contributed by atoms with Crippen molar-refractivity contribution in [2.45, 2.75) is 12.8 Å². The van der Waals surface area contributed by atoms with E-state index in [0.29, 0.717) is 11.8 Å². The number of hydrogen-bond acceptors (Lipinski definition) is 2. The molecular formula is C10H10N2. The predicted molar refractivity (Wildman–Crippen MR) is 43.6 cm³/mol. The third-order valence-corrected chi connectivity index (χ3v) is 3.05. The van der Waals surface area contributed by atoms with Gasteiger partial charge in [0.2, 0.25) is 0 Å². The SMILES string of the molecule is N#C[C@@H]1[C@H](C#N)[C@H]2C=C[C@H]1CC2. The molecular weight excluding hydrogens is 148 g/mol. The van der Waals surface area contributed by atoms with Crippen LogP contribution in [0.2, 0.25) is 0 Å². The van der Waals surface area contributed by atoms with Crippen LogP contribution < -0.4 is 0 Å². The first-order valence-electron chi connectivity index (χ1n) is 4.34. The molecule has 12 heavy (non-hydrogen) atoms. The highest BCUT2D eigenvalue weighted by atomic mass is 14.5. The van der Waals surface area contributed by atoms with Gasteiger partial charge in [-0.05, 0) is 24.7 Å². The Bertz CT molecular complexity index is 262. The van der Waals surface area contributed by atoms with E-state index < -0.39 is 0 Å². The highest BCUT2D eigenvalue weighted by Crippen LogP contribution is 2.43. The summed E-state index contributed by atoms with van der Waals surface area (Å²) < 4.78 is 0. The van der Waals surface area contributed by atoms with Crippen molar-refractivity contribution in [3.8, 4) is 12.1 Å². The summed E-state index contributed by atoms with van der Waals surface area (Å²) in [5, 5.41) is 17.8. The molecule has 0 aromatic heterocycles. The molecule has 2 bridgehead atoms. The van der Waals surface area contributed by atoms with Gasteiger partial charge in [0, 0.05) is 0 Å². The lowest BCUT2D eigenvalue weighted by Gasteiger charge is -2.38. The summed E-state index contributed by atoms with van der Waals surface area (Å²) in [7, 11) is 0. The van der Waals surface area contributed by atoms with Crippen LogP contribution in [0.4, 0.5) is 0 Å². The predicted octanol–water partition coefficient (Wildman–Crippen LogP) is 1.86. The van der Waals surface area contributed by atoms with Gasteiger partial charge in [0.15, 0.2) is 0 Å². The maximum absolute atomic E-state index is 8.88. The summed E-state index contributed by atoms with van der Waals surface area (Å²) >= 11 is 0. The topological polar surface area (TPSA) is 47.6 Å². The van der Waals surface area contributed by atoms with Crippen LogP contribution in [0, 0.1) is 46.3 Å². The van der Waals surface area contributed by atoms with Gasteiger partial charge in [-0.25, -0.2) is 0 Å². The van der Waals surface area contributed by atoms with Crippen molar-refractivity contribution >= 4 is 0 Å². The minimum Gasteiger partial charge on any atom is -0.198 e. The normalized spacial score (nSPS) is 43.5. The number of hydrogen-bond donors (Lipinski definition) is 0. The Balaban J connectivity index is 2.33. The monoisotopic (exact) mass is 158 g/mol. The van der Waals surface area contributed by atoms with E-state index in [1.165, 1.54) is 0 Å². The van der Waals surface area contributed by atoms with Gasteiger partial charge >= 0.3 is 0 Å². The second-order valence-corrected chi connectivity index (χ2v) is 3.60. The van der Waals surface area contributed by atoms with Crippen LogP contribution in [-0.4, -0.2) is 0 Å². The maximum Gasteiger partial charge on any atom is 0.0689 e. The molecule has 3 aliphatic rings. The van der Waals surface area contributed by atoms with Gasteiger partial charge in [0.05, 0.1) is 24.0 Å². The number of nitrogens with zero attached hydrogens (tertiary/aromatic N) is 2. The van der Waals surface area contributed by atoms with Gasteiger partial charge in [0.1, 0.15) is 0 Å². The van der Waals surface area contributed by atoms with E-state index in [0.717, 1.165) is 12.8 Å². The lowest BCUT2D eigenvalue weighted by Crippen LogP contribution is -2.35. The molecule has 0 amide bonds. The molecule has 0 spiro atoms. The number of allylic oxidation sites excluding steroid dienone is 2. The standard InChI is InChI=1S/C10H10N2/c11-5-9-7-1-2-8(4-3-7)10(9)6-12/h1-2,7-10H,3-4H2/t7-,8-,9-,10+/m0/s1.